The molecule has 2 N–H and O–H groups in total. The fourth-order valence-electron chi connectivity index (χ4n) is 1.55. The summed E-state index contributed by atoms with van der Waals surface area (Å²) in [5, 5.41) is 10.9. The molecule has 17 heavy (non-hydrogen) atoms. The van der Waals surface area contributed by atoms with Gasteiger partial charge in [-0.2, -0.15) is 0 Å². The van der Waals surface area contributed by atoms with Crippen LogP contribution >= 0.6 is 0 Å². The monoisotopic (exact) mass is 236 g/mol. The molecule has 0 unspecified atom stereocenters. The quantitative estimate of drug-likeness (QED) is 0.634. The number of ether oxygens (including phenoxy) is 2. The third-order valence-electron chi connectivity index (χ3n) is 2.35. The standard InChI is InChI=1S/C11H12N2O4/c12-4-2-1-3-8-5-10-11(17-7-16-10)6-9(8)13(14)15/h1,3,5-6H,2,4,7,12H2. The van der Waals surface area contributed by atoms with Crippen molar-refractivity contribution in [2.75, 3.05) is 13.3 Å². The summed E-state index contributed by atoms with van der Waals surface area (Å²) < 4.78 is 10.3. The molecule has 6 nitrogen and oxygen atoms in total. The Morgan fingerprint density at radius 2 is 2.12 bits per heavy atom. The molecule has 0 saturated carbocycles. The van der Waals surface area contributed by atoms with Crippen LogP contribution in [-0.4, -0.2) is 18.3 Å². The first-order valence-electron chi connectivity index (χ1n) is 5.17. The van der Waals surface area contributed by atoms with E-state index in [-0.39, 0.29) is 12.5 Å². The molecule has 2 rings (SSSR count). The molecule has 1 heterocycles. The van der Waals surface area contributed by atoms with Gasteiger partial charge in [-0.05, 0) is 19.0 Å². The molecular weight excluding hydrogens is 224 g/mol. The zero-order chi connectivity index (χ0) is 12.3. The number of nitrogens with two attached hydrogens (primary N) is 1. The summed E-state index contributed by atoms with van der Waals surface area (Å²) in [6, 6.07) is 2.98. The second-order valence-electron chi connectivity index (χ2n) is 3.50. The minimum atomic E-state index is -0.440. The zero-order valence-corrected chi connectivity index (χ0v) is 9.09. The first-order chi connectivity index (χ1) is 8.22. The lowest BCUT2D eigenvalue weighted by atomic mass is 10.1. The van der Waals surface area contributed by atoms with Crippen LogP contribution in [0.3, 0.4) is 0 Å². The molecule has 6 heteroatoms. The van der Waals surface area contributed by atoms with Crippen LogP contribution in [0.5, 0.6) is 11.5 Å². The van der Waals surface area contributed by atoms with Crippen LogP contribution in [0.1, 0.15) is 12.0 Å². The molecular formula is C11H12N2O4. The van der Waals surface area contributed by atoms with Gasteiger partial charge in [-0.15, -0.1) is 0 Å². The molecule has 90 valence electrons. The average Bonchev–Trinajstić information content (AvgIpc) is 2.75. The van der Waals surface area contributed by atoms with E-state index in [2.05, 4.69) is 0 Å². The van der Waals surface area contributed by atoms with Crippen molar-refractivity contribution in [3.05, 3.63) is 33.9 Å². The fraction of sp³-hybridized carbons (Fsp3) is 0.273. The van der Waals surface area contributed by atoms with Crippen molar-refractivity contribution >= 4 is 11.8 Å². The van der Waals surface area contributed by atoms with E-state index in [4.69, 9.17) is 15.2 Å². The highest BCUT2D eigenvalue weighted by Crippen LogP contribution is 2.38. The lowest BCUT2D eigenvalue weighted by Crippen LogP contribution is -1.95. The lowest BCUT2D eigenvalue weighted by Gasteiger charge is -2.00. The molecule has 1 aliphatic rings. The third kappa shape index (κ3) is 2.36. The summed E-state index contributed by atoms with van der Waals surface area (Å²) in [5.74, 6) is 0.940. The van der Waals surface area contributed by atoms with Crippen molar-refractivity contribution in [3.63, 3.8) is 0 Å². The van der Waals surface area contributed by atoms with Gasteiger partial charge in [-0.1, -0.05) is 12.2 Å². The molecule has 0 aliphatic carbocycles. The Morgan fingerprint density at radius 1 is 1.41 bits per heavy atom. The van der Waals surface area contributed by atoms with Crippen molar-refractivity contribution in [2.24, 2.45) is 5.73 Å². The van der Waals surface area contributed by atoms with Gasteiger partial charge < -0.3 is 15.2 Å². The molecule has 0 bridgehead atoms. The number of rotatable bonds is 4. The van der Waals surface area contributed by atoms with E-state index < -0.39 is 4.92 Å². The van der Waals surface area contributed by atoms with Crippen LogP contribution in [0, 0.1) is 10.1 Å². The van der Waals surface area contributed by atoms with Crippen LogP contribution in [0.15, 0.2) is 18.2 Å². The summed E-state index contributed by atoms with van der Waals surface area (Å²) in [7, 11) is 0. The van der Waals surface area contributed by atoms with Crippen LogP contribution in [-0.2, 0) is 0 Å². The maximum atomic E-state index is 10.9. The Bertz CT molecular complexity index is 471. The first-order valence-corrected chi connectivity index (χ1v) is 5.17. The van der Waals surface area contributed by atoms with E-state index >= 15 is 0 Å². The molecule has 0 radical (unpaired) electrons. The smallest absolute Gasteiger partial charge is 0.280 e. The topological polar surface area (TPSA) is 87.6 Å². The SMILES string of the molecule is NCCC=Cc1cc2c(cc1[N+](=O)[O-])OCO2. The Hall–Kier alpha value is -2.08. The maximum Gasteiger partial charge on any atom is 0.280 e. The van der Waals surface area contributed by atoms with Gasteiger partial charge in [0.05, 0.1) is 16.6 Å². The average molecular weight is 236 g/mol. The minimum Gasteiger partial charge on any atom is -0.454 e. The lowest BCUT2D eigenvalue weighted by molar-refractivity contribution is -0.385. The van der Waals surface area contributed by atoms with Gasteiger partial charge in [0.1, 0.15) is 0 Å². The van der Waals surface area contributed by atoms with Gasteiger partial charge in [0, 0.05) is 0 Å². The van der Waals surface area contributed by atoms with Crippen LogP contribution < -0.4 is 15.2 Å². The Morgan fingerprint density at radius 3 is 2.76 bits per heavy atom. The van der Waals surface area contributed by atoms with E-state index in [0.717, 1.165) is 0 Å². The van der Waals surface area contributed by atoms with Crippen molar-refractivity contribution in [2.45, 2.75) is 6.42 Å². The molecule has 0 amide bonds. The second-order valence-corrected chi connectivity index (χ2v) is 3.50. The summed E-state index contributed by atoms with van der Waals surface area (Å²) in [4.78, 5) is 10.5. The zero-order valence-electron chi connectivity index (χ0n) is 9.09. The highest BCUT2D eigenvalue weighted by Gasteiger charge is 2.21. The van der Waals surface area contributed by atoms with Gasteiger partial charge in [-0.3, -0.25) is 10.1 Å². The summed E-state index contributed by atoms with van der Waals surface area (Å²) >= 11 is 0. The normalized spacial score (nSPS) is 13.2. The first kappa shape index (κ1) is 11.4. The van der Waals surface area contributed by atoms with E-state index in [1.165, 1.54) is 6.07 Å². The van der Waals surface area contributed by atoms with Gasteiger partial charge in [0.2, 0.25) is 6.79 Å². The van der Waals surface area contributed by atoms with Crippen molar-refractivity contribution in [1.82, 2.24) is 0 Å². The minimum absolute atomic E-state index is 0.00233. The third-order valence-corrected chi connectivity index (χ3v) is 2.35. The second kappa shape index (κ2) is 4.84. The number of fused-ring (bicyclic) bond motifs is 1. The number of nitrogens with zero attached hydrogens (tertiary/aromatic N) is 1. The summed E-state index contributed by atoms with van der Waals surface area (Å²) in [6.07, 6.45) is 4.14. The van der Waals surface area contributed by atoms with Gasteiger partial charge >= 0.3 is 0 Å². The molecule has 0 saturated heterocycles. The number of hydrogen-bond donors (Lipinski definition) is 1. The van der Waals surface area contributed by atoms with Crippen molar-refractivity contribution in [1.29, 1.82) is 0 Å². The molecule has 1 aromatic rings. The number of nitro benzene ring substituents is 1. The van der Waals surface area contributed by atoms with Crippen molar-refractivity contribution < 1.29 is 14.4 Å². The van der Waals surface area contributed by atoms with Gasteiger partial charge in [-0.25, -0.2) is 0 Å². The Kier molecular flexibility index (Phi) is 3.24. The predicted octanol–water partition coefficient (Wildman–Crippen LogP) is 1.69. The largest absolute Gasteiger partial charge is 0.454 e. The highest BCUT2D eigenvalue weighted by molar-refractivity contribution is 5.67. The van der Waals surface area contributed by atoms with Crippen LogP contribution in [0.4, 0.5) is 5.69 Å². The van der Waals surface area contributed by atoms with Gasteiger partial charge in [0.25, 0.3) is 5.69 Å². The van der Waals surface area contributed by atoms with E-state index in [0.29, 0.717) is 30.0 Å². The molecule has 0 fully saturated rings. The highest BCUT2D eigenvalue weighted by atomic mass is 16.7. The molecule has 1 aliphatic heterocycles. The maximum absolute atomic E-state index is 10.9. The molecule has 0 aromatic heterocycles. The summed E-state index contributed by atoms with van der Waals surface area (Å²) in [6.45, 7) is 0.608. The van der Waals surface area contributed by atoms with Crippen molar-refractivity contribution in [3.8, 4) is 11.5 Å². The number of benzene rings is 1. The van der Waals surface area contributed by atoms with Gasteiger partial charge in [0.15, 0.2) is 11.5 Å². The summed E-state index contributed by atoms with van der Waals surface area (Å²) in [5.41, 5.74) is 5.85. The predicted molar refractivity (Wildman–Crippen MR) is 61.9 cm³/mol. The molecule has 1 aromatic carbocycles. The van der Waals surface area contributed by atoms with E-state index in [1.54, 1.807) is 18.2 Å². The van der Waals surface area contributed by atoms with Crippen LogP contribution in [0.2, 0.25) is 0 Å². The number of hydrogen-bond acceptors (Lipinski definition) is 5. The fourth-order valence-corrected chi connectivity index (χ4v) is 1.55. The Balaban J connectivity index is 2.38. The number of nitro groups is 1. The molecule has 0 spiro atoms. The molecule has 0 atom stereocenters. The van der Waals surface area contributed by atoms with Crippen LogP contribution in [0.25, 0.3) is 6.08 Å². The van der Waals surface area contributed by atoms with E-state index in [1.807, 2.05) is 0 Å². The van der Waals surface area contributed by atoms with E-state index in [9.17, 15) is 10.1 Å². The Labute approximate surface area is 97.8 Å².